The second-order valence-electron chi connectivity index (χ2n) is 4.31. The molecule has 1 aliphatic carbocycles. The highest BCUT2D eigenvalue weighted by atomic mass is 16.5. The molecule has 1 aromatic rings. The molecule has 82 valence electrons. The van der Waals surface area contributed by atoms with Crippen molar-refractivity contribution in [2.75, 3.05) is 5.73 Å². The van der Waals surface area contributed by atoms with Crippen LogP contribution in [0.2, 0.25) is 0 Å². The quantitative estimate of drug-likeness (QED) is 0.805. The van der Waals surface area contributed by atoms with Gasteiger partial charge in [-0.3, -0.25) is 0 Å². The second kappa shape index (κ2) is 4.47. The first-order chi connectivity index (χ1) is 7.24. The van der Waals surface area contributed by atoms with E-state index < -0.39 is 0 Å². The molecule has 1 saturated carbocycles. The zero-order valence-electron chi connectivity index (χ0n) is 9.02. The van der Waals surface area contributed by atoms with Crippen LogP contribution in [0.1, 0.15) is 32.6 Å². The lowest BCUT2D eigenvalue weighted by molar-refractivity contribution is 0.118. The molecule has 2 rings (SSSR count). The number of nitrogens with zero attached hydrogens (tertiary/aromatic N) is 2. The van der Waals surface area contributed by atoms with Gasteiger partial charge in [0.05, 0.1) is 18.1 Å². The molecular weight excluding hydrogens is 190 g/mol. The second-order valence-corrected chi connectivity index (χ2v) is 4.31. The van der Waals surface area contributed by atoms with Crippen molar-refractivity contribution in [1.29, 1.82) is 0 Å². The highest BCUT2D eigenvalue weighted by Crippen LogP contribution is 2.26. The topological polar surface area (TPSA) is 61.0 Å². The molecule has 1 fully saturated rings. The summed E-state index contributed by atoms with van der Waals surface area (Å²) in [5, 5.41) is 0. The van der Waals surface area contributed by atoms with Gasteiger partial charge in [0.1, 0.15) is 6.10 Å². The lowest BCUT2D eigenvalue weighted by Crippen LogP contribution is -2.24. The maximum atomic E-state index is 5.70. The molecular formula is C11H17N3O. The van der Waals surface area contributed by atoms with Crippen LogP contribution in [0.4, 0.5) is 5.69 Å². The molecule has 1 aromatic heterocycles. The number of hydrogen-bond donors (Lipinski definition) is 1. The van der Waals surface area contributed by atoms with Gasteiger partial charge < -0.3 is 10.5 Å². The molecule has 0 aliphatic heterocycles. The van der Waals surface area contributed by atoms with Crippen LogP contribution in [0.25, 0.3) is 0 Å². The Labute approximate surface area is 89.9 Å². The SMILES string of the molecule is CC1CCCC(Oc2ncc(N)cn2)C1. The molecule has 0 spiro atoms. The fourth-order valence-corrected chi connectivity index (χ4v) is 2.02. The predicted molar refractivity (Wildman–Crippen MR) is 58.5 cm³/mol. The summed E-state index contributed by atoms with van der Waals surface area (Å²) in [6, 6.07) is 0.448. The van der Waals surface area contributed by atoms with Crippen molar-refractivity contribution in [1.82, 2.24) is 9.97 Å². The zero-order valence-corrected chi connectivity index (χ0v) is 9.02. The largest absolute Gasteiger partial charge is 0.460 e. The standard InChI is InChI=1S/C11H17N3O/c1-8-3-2-4-10(5-8)15-11-13-6-9(12)7-14-11/h6-8,10H,2-5,12H2,1H3. The number of hydrogen-bond acceptors (Lipinski definition) is 4. The van der Waals surface area contributed by atoms with E-state index in [9.17, 15) is 0 Å². The van der Waals surface area contributed by atoms with Crippen LogP contribution < -0.4 is 10.5 Å². The minimum absolute atomic E-state index is 0.275. The number of nitrogens with two attached hydrogens (primary N) is 1. The van der Waals surface area contributed by atoms with Gasteiger partial charge in [-0.15, -0.1) is 0 Å². The number of rotatable bonds is 2. The van der Waals surface area contributed by atoms with Crippen molar-refractivity contribution < 1.29 is 4.74 Å². The van der Waals surface area contributed by atoms with Crippen LogP contribution in [-0.2, 0) is 0 Å². The minimum atomic E-state index is 0.275. The summed E-state index contributed by atoms with van der Waals surface area (Å²) in [6.07, 6.45) is 8.19. The van der Waals surface area contributed by atoms with E-state index in [0.717, 1.165) is 18.8 Å². The van der Waals surface area contributed by atoms with Gasteiger partial charge >= 0.3 is 6.01 Å². The minimum Gasteiger partial charge on any atom is -0.460 e. The number of nitrogen functional groups attached to an aromatic ring is 1. The van der Waals surface area contributed by atoms with Gasteiger partial charge in [0.2, 0.25) is 0 Å². The van der Waals surface area contributed by atoms with Crippen molar-refractivity contribution in [3.8, 4) is 6.01 Å². The van der Waals surface area contributed by atoms with Crippen molar-refractivity contribution in [3.63, 3.8) is 0 Å². The van der Waals surface area contributed by atoms with Crippen molar-refractivity contribution in [3.05, 3.63) is 12.4 Å². The van der Waals surface area contributed by atoms with Crippen LogP contribution in [0.15, 0.2) is 12.4 Å². The molecule has 1 heterocycles. The Morgan fingerprint density at radius 3 is 2.73 bits per heavy atom. The van der Waals surface area contributed by atoms with Crippen molar-refractivity contribution in [2.24, 2.45) is 5.92 Å². The number of ether oxygens (including phenoxy) is 1. The summed E-state index contributed by atoms with van der Waals surface area (Å²) >= 11 is 0. The van der Waals surface area contributed by atoms with E-state index in [1.165, 1.54) is 12.8 Å². The predicted octanol–water partition coefficient (Wildman–Crippen LogP) is 2.02. The van der Waals surface area contributed by atoms with Gasteiger partial charge in [0, 0.05) is 0 Å². The molecule has 2 unspecified atom stereocenters. The fourth-order valence-electron chi connectivity index (χ4n) is 2.02. The smallest absolute Gasteiger partial charge is 0.316 e. The zero-order chi connectivity index (χ0) is 10.7. The highest BCUT2D eigenvalue weighted by Gasteiger charge is 2.20. The van der Waals surface area contributed by atoms with E-state index in [1.807, 2.05) is 0 Å². The fraction of sp³-hybridized carbons (Fsp3) is 0.636. The summed E-state index contributed by atoms with van der Waals surface area (Å²) in [4.78, 5) is 8.08. The van der Waals surface area contributed by atoms with Gasteiger partial charge in [-0.1, -0.05) is 13.3 Å². The highest BCUT2D eigenvalue weighted by molar-refractivity contribution is 5.30. The van der Waals surface area contributed by atoms with Crippen LogP contribution in [0.3, 0.4) is 0 Å². The summed E-state index contributed by atoms with van der Waals surface area (Å²) in [5.41, 5.74) is 6.07. The Morgan fingerprint density at radius 2 is 2.07 bits per heavy atom. The Balaban J connectivity index is 1.93. The van der Waals surface area contributed by atoms with E-state index in [-0.39, 0.29) is 6.10 Å². The molecule has 0 radical (unpaired) electrons. The first kappa shape index (κ1) is 10.2. The molecule has 2 N–H and O–H groups in total. The van der Waals surface area contributed by atoms with Crippen LogP contribution >= 0.6 is 0 Å². The molecule has 1 aliphatic rings. The third-order valence-corrected chi connectivity index (χ3v) is 2.81. The maximum absolute atomic E-state index is 5.70. The molecule has 4 heteroatoms. The first-order valence-electron chi connectivity index (χ1n) is 5.48. The molecule has 0 saturated heterocycles. The van der Waals surface area contributed by atoms with Gasteiger partial charge in [0.25, 0.3) is 0 Å². The first-order valence-corrected chi connectivity index (χ1v) is 5.48. The van der Waals surface area contributed by atoms with E-state index in [1.54, 1.807) is 12.4 Å². The normalized spacial score (nSPS) is 26.2. The number of anilines is 1. The monoisotopic (exact) mass is 207 g/mol. The third kappa shape index (κ3) is 2.81. The van der Waals surface area contributed by atoms with E-state index in [0.29, 0.717) is 11.7 Å². The molecule has 4 nitrogen and oxygen atoms in total. The Bertz CT molecular complexity index is 312. The lowest BCUT2D eigenvalue weighted by Gasteiger charge is -2.26. The molecule has 0 aromatic carbocycles. The van der Waals surface area contributed by atoms with Crippen LogP contribution in [0.5, 0.6) is 6.01 Å². The summed E-state index contributed by atoms with van der Waals surface area (Å²) in [6.45, 7) is 2.26. The average Bonchev–Trinajstić information content (AvgIpc) is 2.22. The van der Waals surface area contributed by atoms with Gasteiger partial charge in [-0.2, -0.15) is 0 Å². The summed E-state index contributed by atoms with van der Waals surface area (Å²) in [5.74, 6) is 0.748. The maximum Gasteiger partial charge on any atom is 0.316 e. The Kier molecular flexibility index (Phi) is 3.04. The third-order valence-electron chi connectivity index (χ3n) is 2.81. The van der Waals surface area contributed by atoms with E-state index >= 15 is 0 Å². The summed E-state index contributed by atoms with van der Waals surface area (Å²) in [7, 11) is 0. The molecule has 15 heavy (non-hydrogen) atoms. The van der Waals surface area contributed by atoms with Gasteiger partial charge in [0.15, 0.2) is 0 Å². The van der Waals surface area contributed by atoms with E-state index in [4.69, 9.17) is 10.5 Å². The Hall–Kier alpha value is -1.32. The van der Waals surface area contributed by atoms with Crippen molar-refractivity contribution in [2.45, 2.75) is 38.7 Å². The van der Waals surface area contributed by atoms with E-state index in [2.05, 4.69) is 16.9 Å². The van der Waals surface area contributed by atoms with Gasteiger partial charge in [-0.25, -0.2) is 9.97 Å². The van der Waals surface area contributed by atoms with Crippen molar-refractivity contribution >= 4 is 5.69 Å². The summed E-state index contributed by atoms with van der Waals surface area (Å²) < 4.78 is 5.70. The van der Waals surface area contributed by atoms with Crippen LogP contribution in [0, 0.1) is 5.92 Å². The lowest BCUT2D eigenvalue weighted by atomic mass is 9.89. The molecule has 2 atom stereocenters. The average molecular weight is 207 g/mol. The molecule has 0 bridgehead atoms. The van der Waals surface area contributed by atoms with Gasteiger partial charge in [-0.05, 0) is 25.2 Å². The molecule has 0 amide bonds. The van der Waals surface area contributed by atoms with Crippen LogP contribution in [-0.4, -0.2) is 16.1 Å². The Morgan fingerprint density at radius 1 is 1.33 bits per heavy atom. The number of aromatic nitrogens is 2.